The van der Waals surface area contributed by atoms with E-state index in [1.807, 2.05) is 0 Å². The summed E-state index contributed by atoms with van der Waals surface area (Å²) in [5.41, 5.74) is 0.289. The molecule has 0 unspecified atom stereocenters. The SMILES string of the molecule is O=[N+]([O-])OC(Cl)=C(c1ccc([N+](=O)[O-])cc1)c1ccc([N+](=O)[O-])cc1. The summed E-state index contributed by atoms with van der Waals surface area (Å²) in [6.45, 7) is 0. The zero-order valence-electron chi connectivity index (χ0n) is 12.2. The van der Waals surface area contributed by atoms with Crippen molar-refractivity contribution < 1.29 is 19.8 Å². The highest BCUT2D eigenvalue weighted by molar-refractivity contribution is 6.32. The third-order valence-corrected chi connectivity index (χ3v) is 3.34. The van der Waals surface area contributed by atoms with E-state index in [0.29, 0.717) is 11.1 Å². The third kappa shape index (κ3) is 4.26. The number of rotatable bonds is 6. The largest absolute Gasteiger partial charge is 0.300 e. The number of non-ortho nitro benzene ring substituents is 2. The van der Waals surface area contributed by atoms with Crippen LogP contribution in [0.3, 0.4) is 0 Å². The quantitative estimate of drug-likeness (QED) is 0.432. The second kappa shape index (κ2) is 7.36. The lowest BCUT2D eigenvalue weighted by Gasteiger charge is -2.10. The number of benzene rings is 2. The smallest absolute Gasteiger partial charge is 0.263 e. The molecule has 11 heteroatoms. The molecule has 25 heavy (non-hydrogen) atoms. The first-order chi connectivity index (χ1) is 11.8. The molecule has 10 nitrogen and oxygen atoms in total. The van der Waals surface area contributed by atoms with Gasteiger partial charge in [0.05, 0.1) is 9.85 Å². The third-order valence-electron chi connectivity index (χ3n) is 3.08. The van der Waals surface area contributed by atoms with E-state index in [1.165, 1.54) is 48.5 Å². The van der Waals surface area contributed by atoms with Gasteiger partial charge in [-0.25, -0.2) is 0 Å². The minimum atomic E-state index is -1.11. The molecule has 2 aromatic rings. The van der Waals surface area contributed by atoms with Crippen molar-refractivity contribution in [2.45, 2.75) is 0 Å². The fourth-order valence-electron chi connectivity index (χ4n) is 2.00. The van der Waals surface area contributed by atoms with Gasteiger partial charge in [-0.15, -0.1) is 10.1 Å². The molecule has 0 atom stereocenters. The van der Waals surface area contributed by atoms with E-state index in [9.17, 15) is 30.3 Å². The Morgan fingerprint density at radius 3 is 1.40 bits per heavy atom. The molecule has 0 spiro atoms. The number of nitro benzene ring substituents is 2. The molecule has 0 aliphatic carbocycles. The molecule has 0 bridgehead atoms. The zero-order chi connectivity index (χ0) is 18.6. The van der Waals surface area contributed by atoms with Crippen molar-refractivity contribution in [3.8, 4) is 0 Å². The Hall–Kier alpha value is -3.53. The van der Waals surface area contributed by atoms with Gasteiger partial charge in [-0.05, 0) is 35.4 Å². The number of nitro groups is 2. The molecule has 0 radical (unpaired) electrons. The number of hydrogen-bond donors (Lipinski definition) is 0. The van der Waals surface area contributed by atoms with Crippen LogP contribution in [0, 0.1) is 30.3 Å². The summed E-state index contributed by atoms with van der Waals surface area (Å²) >= 11 is 5.86. The lowest BCUT2D eigenvalue weighted by atomic mass is 9.98. The maximum absolute atomic E-state index is 10.7. The molecular formula is C14H8ClN3O7. The van der Waals surface area contributed by atoms with Crippen LogP contribution >= 0.6 is 11.6 Å². The fourth-order valence-corrected chi connectivity index (χ4v) is 2.28. The molecule has 0 N–H and O–H groups in total. The molecule has 0 saturated carbocycles. The molecule has 0 heterocycles. The number of hydrogen-bond acceptors (Lipinski definition) is 7. The number of nitrogens with zero attached hydrogens (tertiary/aromatic N) is 3. The van der Waals surface area contributed by atoms with E-state index < -0.39 is 20.2 Å². The van der Waals surface area contributed by atoms with Crippen molar-refractivity contribution in [1.82, 2.24) is 0 Å². The van der Waals surface area contributed by atoms with Gasteiger partial charge in [0, 0.05) is 29.8 Å². The lowest BCUT2D eigenvalue weighted by Crippen LogP contribution is -2.01. The first kappa shape index (κ1) is 17.8. The Morgan fingerprint density at radius 1 is 0.760 bits per heavy atom. The highest BCUT2D eigenvalue weighted by atomic mass is 35.5. The van der Waals surface area contributed by atoms with E-state index in [-0.39, 0.29) is 16.9 Å². The Balaban J connectivity index is 2.55. The summed E-state index contributed by atoms with van der Waals surface area (Å²) in [6, 6.07) is 10.1. The van der Waals surface area contributed by atoms with E-state index >= 15 is 0 Å². The van der Waals surface area contributed by atoms with Crippen LogP contribution < -0.4 is 0 Å². The van der Waals surface area contributed by atoms with Crippen LogP contribution in [-0.4, -0.2) is 14.9 Å². The van der Waals surface area contributed by atoms with Gasteiger partial charge in [-0.3, -0.25) is 25.1 Å². The van der Waals surface area contributed by atoms with Gasteiger partial charge in [0.25, 0.3) is 11.4 Å². The molecule has 2 rings (SSSR count). The monoisotopic (exact) mass is 365 g/mol. The van der Waals surface area contributed by atoms with Gasteiger partial charge in [-0.1, -0.05) is 11.6 Å². The summed E-state index contributed by atoms with van der Waals surface area (Å²) in [5.74, 6) is 0. The number of halogens is 1. The van der Waals surface area contributed by atoms with Crippen LogP contribution in [0.5, 0.6) is 0 Å². The summed E-state index contributed by atoms with van der Waals surface area (Å²) in [7, 11) is 0. The molecule has 0 amide bonds. The average Bonchev–Trinajstić information content (AvgIpc) is 2.55. The summed E-state index contributed by atoms with van der Waals surface area (Å²) in [6.07, 6.45) is 0. The van der Waals surface area contributed by atoms with Crippen molar-refractivity contribution in [2.75, 3.05) is 0 Å². The summed E-state index contributed by atoms with van der Waals surface area (Å²) in [5, 5.41) is 30.3. The second-order valence-electron chi connectivity index (χ2n) is 4.57. The predicted octanol–water partition coefficient (Wildman–Crippen LogP) is 3.67. The standard InChI is InChI=1S/C14H8ClN3O7/c15-14(25-18(23)24)13(9-1-5-11(6-2-9)16(19)20)10-3-7-12(8-4-10)17(21)22/h1-8H. The average molecular weight is 366 g/mol. The minimum absolute atomic E-state index is 0.0585. The van der Waals surface area contributed by atoms with Crippen LogP contribution in [0.2, 0.25) is 0 Å². The molecule has 128 valence electrons. The molecule has 0 aliphatic heterocycles. The fraction of sp³-hybridized carbons (Fsp3) is 0. The first-order valence-electron chi connectivity index (χ1n) is 6.51. The second-order valence-corrected chi connectivity index (χ2v) is 4.91. The van der Waals surface area contributed by atoms with Crippen LogP contribution in [0.15, 0.2) is 53.7 Å². The summed E-state index contributed by atoms with van der Waals surface area (Å²) in [4.78, 5) is 35.1. The Kier molecular flexibility index (Phi) is 5.25. The lowest BCUT2D eigenvalue weighted by molar-refractivity contribution is -0.739. The van der Waals surface area contributed by atoms with Gasteiger partial charge < -0.3 is 0 Å². The summed E-state index contributed by atoms with van der Waals surface area (Å²) < 4.78 is 0. The molecule has 0 aliphatic rings. The van der Waals surface area contributed by atoms with Crippen LogP contribution in [0.1, 0.15) is 11.1 Å². The van der Waals surface area contributed by atoms with Gasteiger partial charge >= 0.3 is 5.09 Å². The van der Waals surface area contributed by atoms with Crippen molar-refractivity contribution in [3.63, 3.8) is 0 Å². The first-order valence-corrected chi connectivity index (χ1v) is 6.89. The maximum Gasteiger partial charge on any atom is 0.300 e. The van der Waals surface area contributed by atoms with E-state index in [1.54, 1.807) is 0 Å². The molecule has 0 saturated heterocycles. The van der Waals surface area contributed by atoms with Crippen LogP contribution in [0.4, 0.5) is 11.4 Å². The topological polar surface area (TPSA) is 139 Å². The molecule has 0 fully saturated rings. The maximum atomic E-state index is 10.7. The Morgan fingerprint density at radius 2 is 1.12 bits per heavy atom. The molecule has 2 aromatic carbocycles. The van der Waals surface area contributed by atoms with Crippen LogP contribution in [0.25, 0.3) is 5.57 Å². The van der Waals surface area contributed by atoms with Gasteiger partial charge in [0.1, 0.15) is 0 Å². The van der Waals surface area contributed by atoms with Crippen LogP contribution in [-0.2, 0) is 4.84 Å². The highest BCUT2D eigenvalue weighted by Crippen LogP contribution is 2.31. The van der Waals surface area contributed by atoms with E-state index in [0.717, 1.165) is 0 Å². The Bertz CT molecular complexity index is 803. The normalized spacial score (nSPS) is 9.96. The van der Waals surface area contributed by atoms with E-state index in [4.69, 9.17) is 11.6 Å². The van der Waals surface area contributed by atoms with Crippen molar-refractivity contribution >= 4 is 28.5 Å². The minimum Gasteiger partial charge on any atom is -0.263 e. The zero-order valence-corrected chi connectivity index (χ0v) is 13.0. The molecular weight excluding hydrogens is 358 g/mol. The highest BCUT2D eigenvalue weighted by Gasteiger charge is 2.17. The van der Waals surface area contributed by atoms with Crippen molar-refractivity contribution in [3.05, 3.63) is 95.2 Å². The Labute approximate surface area is 144 Å². The van der Waals surface area contributed by atoms with Gasteiger partial charge in [0.2, 0.25) is 0 Å². The van der Waals surface area contributed by atoms with Gasteiger partial charge in [0.15, 0.2) is 5.22 Å². The predicted molar refractivity (Wildman–Crippen MR) is 86.1 cm³/mol. The van der Waals surface area contributed by atoms with Crippen molar-refractivity contribution in [2.24, 2.45) is 0 Å². The van der Waals surface area contributed by atoms with E-state index in [2.05, 4.69) is 4.84 Å². The molecule has 0 aromatic heterocycles. The van der Waals surface area contributed by atoms with Gasteiger partial charge in [-0.2, -0.15) is 0 Å². The van der Waals surface area contributed by atoms with Crippen molar-refractivity contribution in [1.29, 1.82) is 0 Å².